The summed E-state index contributed by atoms with van der Waals surface area (Å²) in [6.45, 7) is 0. The van der Waals surface area contributed by atoms with E-state index in [4.69, 9.17) is 5.11 Å². The Morgan fingerprint density at radius 3 is 2.77 bits per heavy atom. The second kappa shape index (κ2) is 4.36. The standard InChI is InChI=1S/C9H6FIO2/c10-7-3-1-6(5-8(7)11)2-4-9(12)13/h1-5H,(H,12,13)/b4-2+. The largest absolute Gasteiger partial charge is 0.478 e. The van der Waals surface area contributed by atoms with E-state index in [-0.39, 0.29) is 5.82 Å². The smallest absolute Gasteiger partial charge is 0.328 e. The summed E-state index contributed by atoms with van der Waals surface area (Å²) in [5.41, 5.74) is 0.674. The molecule has 0 radical (unpaired) electrons. The van der Waals surface area contributed by atoms with E-state index in [9.17, 15) is 9.18 Å². The summed E-state index contributed by atoms with van der Waals surface area (Å²) < 4.78 is 13.2. The van der Waals surface area contributed by atoms with Crippen molar-refractivity contribution in [2.45, 2.75) is 0 Å². The zero-order valence-corrected chi connectivity index (χ0v) is 8.66. The van der Waals surface area contributed by atoms with Crippen LogP contribution in [-0.2, 0) is 4.79 Å². The Balaban J connectivity index is 2.92. The predicted octanol–water partition coefficient (Wildman–Crippen LogP) is 2.53. The van der Waals surface area contributed by atoms with Crippen molar-refractivity contribution >= 4 is 34.6 Å². The van der Waals surface area contributed by atoms with E-state index in [2.05, 4.69) is 0 Å². The van der Waals surface area contributed by atoms with Gasteiger partial charge in [0.2, 0.25) is 0 Å². The zero-order chi connectivity index (χ0) is 9.84. The molecule has 0 unspecified atom stereocenters. The molecule has 0 aromatic heterocycles. The fourth-order valence-corrected chi connectivity index (χ4v) is 1.32. The number of hydrogen-bond acceptors (Lipinski definition) is 1. The molecule has 0 atom stereocenters. The van der Waals surface area contributed by atoms with Gasteiger partial charge in [-0.3, -0.25) is 0 Å². The molecular weight excluding hydrogens is 286 g/mol. The lowest BCUT2D eigenvalue weighted by Crippen LogP contribution is -1.87. The van der Waals surface area contributed by atoms with E-state index in [1.807, 2.05) is 22.6 Å². The highest BCUT2D eigenvalue weighted by Crippen LogP contribution is 2.13. The summed E-state index contributed by atoms with van der Waals surface area (Å²) in [5, 5.41) is 8.34. The Bertz CT molecular complexity index is 361. The summed E-state index contributed by atoms with van der Waals surface area (Å²) in [5.74, 6) is -1.31. The summed E-state index contributed by atoms with van der Waals surface area (Å²) >= 11 is 1.85. The Morgan fingerprint density at radius 2 is 2.23 bits per heavy atom. The van der Waals surface area contributed by atoms with Crippen LogP contribution in [0.4, 0.5) is 4.39 Å². The molecule has 1 N–H and O–H groups in total. The van der Waals surface area contributed by atoms with E-state index in [0.717, 1.165) is 6.08 Å². The number of carboxylic acids is 1. The minimum atomic E-state index is -1.01. The molecule has 0 spiro atoms. The Kier molecular flexibility index (Phi) is 3.41. The van der Waals surface area contributed by atoms with Gasteiger partial charge in [-0.1, -0.05) is 6.07 Å². The van der Waals surface area contributed by atoms with Crippen LogP contribution < -0.4 is 0 Å². The molecule has 0 aliphatic rings. The number of carbonyl (C=O) groups is 1. The quantitative estimate of drug-likeness (QED) is 0.672. The van der Waals surface area contributed by atoms with E-state index in [0.29, 0.717) is 9.13 Å². The van der Waals surface area contributed by atoms with Gasteiger partial charge in [-0.25, -0.2) is 9.18 Å². The molecule has 0 aliphatic carbocycles. The van der Waals surface area contributed by atoms with Crippen molar-refractivity contribution in [3.63, 3.8) is 0 Å². The molecule has 1 aromatic rings. The van der Waals surface area contributed by atoms with Crippen LogP contribution in [0.2, 0.25) is 0 Å². The van der Waals surface area contributed by atoms with Crippen LogP contribution in [0.15, 0.2) is 24.3 Å². The minimum absolute atomic E-state index is 0.298. The number of halogens is 2. The molecular formula is C9H6FIO2. The van der Waals surface area contributed by atoms with Gasteiger partial charge < -0.3 is 5.11 Å². The maximum atomic E-state index is 12.7. The van der Waals surface area contributed by atoms with Gasteiger partial charge in [0.1, 0.15) is 5.82 Å². The maximum absolute atomic E-state index is 12.7. The van der Waals surface area contributed by atoms with E-state index in [1.165, 1.54) is 18.2 Å². The average molecular weight is 292 g/mol. The fourth-order valence-electron chi connectivity index (χ4n) is 0.784. The topological polar surface area (TPSA) is 37.3 Å². The SMILES string of the molecule is O=C(O)/C=C/c1ccc(F)c(I)c1. The molecule has 0 saturated heterocycles. The van der Waals surface area contributed by atoms with Gasteiger partial charge >= 0.3 is 5.97 Å². The van der Waals surface area contributed by atoms with Crippen molar-refractivity contribution in [3.8, 4) is 0 Å². The number of rotatable bonds is 2. The summed E-state index contributed by atoms with van der Waals surface area (Å²) in [7, 11) is 0. The second-order valence-corrected chi connectivity index (χ2v) is 3.51. The molecule has 1 rings (SSSR count). The lowest BCUT2D eigenvalue weighted by Gasteiger charge is -1.95. The molecule has 0 amide bonds. The van der Waals surface area contributed by atoms with Gasteiger partial charge in [0.15, 0.2) is 0 Å². The monoisotopic (exact) mass is 292 g/mol. The van der Waals surface area contributed by atoms with E-state index < -0.39 is 5.97 Å². The third-order valence-electron chi connectivity index (χ3n) is 1.36. The highest BCUT2D eigenvalue weighted by Gasteiger charge is 1.97. The first-order valence-electron chi connectivity index (χ1n) is 3.45. The molecule has 4 heteroatoms. The molecule has 1 aromatic carbocycles. The second-order valence-electron chi connectivity index (χ2n) is 2.35. The van der Waals surface area contributed by atoms with Gasteiger partial charge in [-0.2, -0.15) is 0 Å². The van der Waals surface area contributed by atoms with Crippen LogP contribution in [-0.4, -0.2) is 11.1 Å². The highest BCUT2D eigenvalue weighted by molar-refractivity contribution is 14.1. The highest BCUT2D eigenvalue weighted by atomic mass is 127. The minimum Gasteiger partial charge on any atom is -0.478 e. The van der Waals surface area contributed by atoms with Gasteiger partial charge in [-0.05, 0) is 46.4 Å². The molecule has 0 aliphatic heterocycles. The maximum Gasteiger partial charge on any atom is 0.328 e. The molecule has 0 fully saturated rings. The summed E-state index contributed by atoms with van der Waals surface area (Å²) in [6.07, 6.45) is 2.44. The Morgan fingerprint density at radius 1 is 1.54 bits per heavy atom. The molecule has 0 heterocycles. The van der Waals surface area contributed by atoms with Crippen LogP contribution >= 0.6 is 22.6 Å². The van der Waals surface area contributed by atoms with Gasteiger partial charge in [0.25, 0.3) is 0 Å². The first kappa shape index (κ1) is 10.2. The number of carboxylic acid groups (broad SMARTS) is 1. The van der Waals surface area contributed by atoms with E-state index >= 15 is 0 Å². The van der Waals surface area contributed by atoms with Crippen LogP contribution in [0.1, 0.15) is 5.56 Å². The normalized spacial score (nSPS) is 10.6. The van der Waals surface area contributed by atoms with Crippen LogP contribution in [0.3, 0.4) is 0 Å². The van der Waals surface area contributed by atoms with Crippen molar-refractivity contribution in [1.29, 1.82) is 0 Å². The third-order valence-corrected chi connectivity index (χ3v) is 2.19. The molecule has 13 heavy (non-hydrogen) atoms. The van der Waals surface area contributed by atoms with Crippen molar-refractivity contribution in [1.82, 2.24) is 0 Å². The van der Waals surface area contributed by atoms with Crippen LogP contribution in [0.5, 0.6) is 0 Å². The van der Waals surface area contributed by atoms with Crippen molar-refractivity contribution in [2.75, 3.05) is 0 Å². The lowest BCUT2D eigenvalue weighted by molar-refractivity contribution is -0.131. The molecule has 68 valence electrons. The average Bonchev–Trinajstić information content (AvgIpc) is 2.07. The Labute approximate surface area is 88.2 Å². The van der Waals surface area contributed by atoms with Crippen LogP contribution in [0, 0.1) is 9.39 Å². The molecule has 0 bridgehead atoms. The fraction of sp³-hybridized carbons (Fsp3) is 0. The van der Waals surface area contributed by atoms with Crippen molar-refractivity contribution < 1.29 is 14.3 Å². The van der Waals surface area contributed by atoms with Crippen molar-refractivity contribution in [2.24, 2.45) is 0 Å². The summed E-state index contributed by atoms with van der Waals surface area (Å²) in [4.78, 5) is 10.2. The first-order chi connectivity index (χ1) is 6.09. The van der Waals surface area contributed by atoms with Gasteiger partial charge in [0, 0.05) is 9.65 Å². The molecule has 0 saturated carbocycles. The van der Waals surface area contributed by atoms with Crippen molar-refractivity contribution in [3.05, 3.63) is 39.2 Å². The zero-order valence-electron chi connectivity index (χ0n) is 6.50. The number of hydrogen-bond donors (Lipinski definition) is 1. The van der Waals surface area contributed by atoms with Gasteiger partial charge in [0.05, 0.1) is 0 Å². The third kappa shape index (κ3) is 3.14. The number of benzene rings is 1. The predicted molar refractivity (Wildman–Crippen MR) is 55.8 cm³/mol. The lowest BCUT2D eigenvalue weighted by atomic mass is 10.2. The molecule has 2 nitrogen and oxygen atoms in total. The Hall–Kier alpha value is -0.910. The van der Waals surface area contributed by atoms with Crippen LogP contribution in [0.25, 0.3) is 6.08 Å². The summed E-state index contributed by atoms with van der Waals surface area (Å²) in [6, 6.07) is 4.41. The van der Waals surface area contributed by atoms with Gasteiger partial charge in [-0.15, -0.1) is 0 Å². The van der Waals surface area contributed by atoms with E-state index in [1.54, 1.807) is 6.07 Å². The number of aliphatic carboxylic acids is 1. The first-order valence-corrected chi connectivity index (χ1v) is 4.53.